The summed E-state index contributed by atoms with van der Waals surface area (Å²) in [5, 5.41) is 0. The minimum absolute atomic E-state index is 0.0410. The van der Waals surface area contributed by atoms with Gasteiger partial charge in [0.05, 0.1) is 31.5 Å². The quantitative estimate of drug-likeness (QED) is 0.222. The molecule has 0 radical (unpaired) electrons. The van der Waals surface area contributed by atoms with Gasteiger partial charge in [0.1, 0.15) is 11.7 Å². The molecular formula is C39H61NO7. The number of hydrogen-bond acceptors (Lipinski definition) is 7. The second-order valence-electron chi connectivity index (χ2n) is 18.6. The summed E-state index contributed by atoms with van der Waals surface area (Å²) in [5.41, 5.74) is 1.61. The summed E-state index contributed by atoms with van der Waals surface area (Å²) < 4.78 is 31.1. The molecule has 7 unspecified atom stereocenters. The summed E-state index contributed by atoms with van der Waals surface area (Å²) >= 11 is 0. The summed E-state index contributed by atoms with van der Waals surface area (Å²) in [5.74, 6) is 2.45. The van der Waals surface area contributed by atoms with Crippen LogP contribution in [0.2, 0.25) is 0 Å². The van der Waals surface area contributed by atoms with Crippen LogP contribution in [0.25, 0.3) is 0 Å². The molecule has 2 heterocycles. The van der Waals surface area contributed by atoms with E-state index in [0.29, 0.717) is 53.7 Å². The van der Waals surface area contributed by atoms with E-state index in [0.717, 1.165) is 37.2 Å². The van der Waals surface area contributed by atoms with E-state index in [2.05, 4.69) is 27.4 Å². The van der Waals surface area contributed by atoms with Gasteiger partial charge in [0.2, 0.25) is 0 Å². The van der Waals surface area contributed by atoms with Crippen LogP contribution in [0.3, 0.4) is 0 Å². The van der Waals surface area contributed by atoms with Crippen LogP contribution in [0.15, 0.2) is 12.2 Å². The van der Waals surface area contributed by atoms with Crippen LogP contribution in [0, 0.1) is 45.3 Å². The lowest BCUT2D eigenvalue weighted by atomic mass is 9.46. The Labute approximate surface area is 283 Å². The van der Waals surface area contributed by atoms with Crippen molar-refractivity contribution >= 4 is 12.1 Å². The maximum absolute atomic E-state index is 12.8. The second kappa shape index (κ2) is 11.4. The Morgan fingerprint density at radius 2 is 1.68 bits per heavy atom. The molecule has 12 atom stereocenters. The molecule has 0 aromatic rings. The summed E-state index contributed by atoms with van der Waals surface area (Å²) in [4.78, 5) is 26.4. The number of rotatable bonds is 5. The van der Waals surface area contributed by atoms with Gasteiger partial charge in [-0.25, -0.2) is 4.79 Å². The molecule has 1 amide bonds. The highest BCUT2D eigenvalue weighted by molar-refractivity contribution is 5.68. The number of carbonyl (C=O) groups excluding carboxylic acids is 2. The third-order valence-electron chi connectivity index (χ3n) is 14.7. The van der Waals surface area contributed by atoms with Crippen molar-refractivity contribution < 1.29 is 33.3 Å². The first-order valence-corrected chi connectivity index (χ1v) is 18.7. The van der Waals surface area contributed by atoms with Gasteiger partial charge in [-0.1, -0.05) is 27.4 Å². The molecule has 2 spiro atoms. The zero-order valence-corrected chi connectivity index (χ0v) is 30.4. The van der Waals surface area contributed by atoms with E-state index in [1.807, 2.05) is 27.7 Å². The van der Waals surface area contributed by atoms with Crippen LogP contribution in [-0.4, -0.2) is 73.0 Å². The Hall–Kier alpha value is -1.64. The second-order valence-corrected chi connectivity index (χ2v) is 18.6. The van der Waals surface area contributed by atoms with Crippen molar-refractivity contribution in [2.45, 2.75) is 156 Å². The Balaban J connectivity index is 1.03. The molecule has 2 saturated heterocycles. The van der Waals surface area contributed by atoms with E-state index in [9.17, 15) is 9.59 Å². The lowest BCUT2D eigenvalue weighted by molar-refractivity contribution is -0.243. The van der Waals surface area contributed by atoms with Crippen LogP contribution in [-0.2, 0) is 28.5 Å². The van der Waals surface area contributed by atoms with Crippen LogP contribution in [0.5, 0.6) is 0 Å². The standard InChI is InChI=1S/C39H61NO7/c1-23(2)33(44-24(3)41)28-12-10-26-29(45-28)20-27-25-11-13-30-36(7,8)31(14-15-39(30)22-38(25,39)17-16-37(26,27)9)46-32-21-40(18-19-43-32)34(42)47-35(4,5)6/h25-33H,1,10-22H2,2-9H3/t25?,26?,27?,28?,29?,30?,31-,32?,33+,37+,38-,39+/m0/s1. The van der Waals surface area contributed by atoms with Crippen molar-refractivity contribution in [2.75, 3.05) is 19.7 Å². The van der Waals surface area contributed by atoms with Gasteiger partial charge in [-0.05, 0) is 143 Å². The molecule has 7 aliphatic rings. The number of carbonyl (C=O) groups is 2. The highest BCUT2D eigenvalue weighted by Gasteiger charge is 2.80. The average Bonchev–Trinajstić information content (AvgIpc) is 3.56. The molecule has 5 aliphatic carbocycles. The third-order valence-corrected chi connectivity index (χ3v) is 14.7. The number of morpholine rings is 1. The highest BCUT2D eigenvalue weighted by atomic mass is 16.7. The molecule has 0 bridgehead atoms. The maximum Gasteiger partial charge on any atom is 0.410 e. The first-order chi connectivity index (χ1) is 22.0. The normalized spacial score (nSPS) is 45.7. The van der Waals surface area contributed by atoms with E-state index in [-0.39, 0.29) is 41.9 Å². The summed E-state index contributed by atoms with van der Waals surface area (Å²) in [7, 11) is 0. The molecule has 5 saturated carbocycles. The molecule has 0 aromatic heterocycles. The van der Waals surface area contributed by atoms with Crippen molar-refractivity contribution in [3.8, 4) is 0 Å². The predicted octanol–water partition coefficient (Wildman–Crippen LogP) is 7.68. The van der Waals surface area contributed by atoms with E-state index in [1.165, 1.54) is 45.4 Å². The van der Waals surface area contributed by atoms with Gasteiger partial charge in [-0.2, -0.15) is 0 Å². The maximum atomic E-state index is 12.8. The molecule has 7 fully saturated rings. The monoisotopic (exact) mass is 655 g/mol. The van der Waals surface area contributed by atoms with E-state index in [4.69, 9.17) is 23.7 Å². The Bertz CT molecular complexity index is 1270. The van der Waals surface area contributed by atoms with E-state index >= 15 is 0 Å². The van der Waals surface area contributed by atoms with Crippen molar-refractivity contribution in [1.29, 1.82) is 0 Å². The summed E-state index contributed by atoms with van der Waals surface area (Å²) in [6.45, 7) is 22.2. The number of fused-ring (bicyclic) bond motifs is 4. The van der Waals surface area contributed by atoms with Gasteiger partial charge in [-0.3, -0.25) is 4.79 Å². The van der Waals surface area contributed by atoms with Gasteiger partial charge in [0, 0.05) is 13.5 Å². The number of amides is 1. The predicted molar refractivity (Wildman–Crippen MR) is 178 cm³/mol. The van der Waals surface area contributed by atoms with Crippen LogP contribution in [0.4, 0.5) is 4.79 Å². The zero-order chi connectivity index (χ0) is 33.7. The Kier molecular flexibility index (Phi) is 8.24. The first kappa shape index (κ1) is 33.8. The minimum Gasteiger partial charge on any atom is -0.455 e. The molecule has 8 heteroatoms. The topological polar surface area (TPSA) is 83.5 Å². The number of hydrogen-bond donors (Lipinski definition) is 0. The number of ether oxygens (including phenoxy) is 5. The minimum atomic E-state index is -0.522. The van der Waals surface area contributed by atoms with Gasteiger partial charge in [0.25, 0.3) is 0 Å². The molecule has 47 heavy (non-hydrogen) atoms. The van der Waals surface area contributed by atoms with E-state index < -0.39 is 11.9 Å². The lowest BCUT2D eigenvalue weighted by Crippen LogP contribution is -2.56. The highest BCUT2D eigenvalue weighted by Crippen LogP contribution is 2.87. The van der Waals surface area contributed by atoms with Crippen molar-refractivity contribution in [3.63, 3.8) is 0 Å². The molecule has 7 rings (SSSR count). The number of nitrogens with zero attached hydrogens (tertiary/aromatic N) is 1. The number of esters is 1. The summed E-state index contributed by atoms with van der Waals surface area (Å²) in [6.07, 6.45) is 11.4. The molecule has 8 nitrogen and oxygen atoms in total. The van der Waals surface area contributed by atoms with Crippen molar-refractivity contribution in [2.24, 2.45) is 45.3 Å². The smallest absolute Gasteiger partial charge is 0.410 e. The molecular weight excluding hydrogens is 594 g/mol. The summed E-state index contributed by atoms with van der Waals surface area (Å²) in [6, 6.07) is 0. The average molecular weight is 656 g/mol. The van der Waals surface area contributed by atoms with Crippen LogP contribution >= 0.6 is 0 Å². The van der Waals surface area contributed by atoms with Crippen molar-refractivity contribution in [3.05, 3.63) is 12.2 Å². The Morgan fingerprint density at radius 1 is 0.936 bits per heavy atom. The Morgan fingerprint density at radius 3 is 2.38 bits per heavy atom. The zero-order valence-electron chi connectivity index (χ0n) is 30.4. The van der Waals surface area contributed by atoms with Crippen LogP contribution < -0.4 is 0 Å². The molecule has 0 N–H and O–H groups in total. The van der Waals surface area contributed by atoms with Gasteiger partial charge in [-0.15, -0.1) is 0 Å². The van der Waals surface area contributed by atoms with Gasteiger partial charge < -0.3 is 28.6 Å². The SMILES string of the molecule is C=C(C)[C@@H](OC(C)=O)C1CCC2C(CC3C4CCC5C(C)(C)[C@@H](OC6CN(C(=O)OC(C)(C)C)CCO6)CC[C@@]56C[C@@]46CC[C@]23C)O1. The van der Waals surface area contributed by atoms with Crippen LogP contribution in [0.1, 0.15) is 120 Å². The van der Waals surface area contributed by atoms with Crippen molar-refractivity contribution in [1.82, 2.24) is 4.90 Å². The van der Waals surface area contributed by atoms with E-state index in [1.54, 1.807) is 4.90 Å². The fourth-order valence-electron chi connectivity index (χ4n) is 12.8. The molecule has 2 aliphatic heterocycles. The lowest BCUT2D eigenvalue weighted by Gasteiger charge is -2.60. The first-order valence-electron chi connectivity index (χ1n) is 18.7. The van der Waals surface area contributed by atoms with Gasteiger partial charge >= 0.3 is 12.1 Å². The van der Waals surface area contributed by atoms with Gasteiger partial charge in [0.15, 0.2) is 6.29 Å². The molecule has 0 aromatic carbocycles. The fraction of sp³-hybridized carbons (Fsp3) is 0.897. The largest absolute Gasteiger partial charge is 0.455 e. The fourth-order valence-corrected chi connectivity index (χ4v) is 12.8. The third kappa shape index (κ3) is 5.40. The molecule has 264 valence electrons.